The first-order chi connectivity index (χ1) is 19.6. The fourth-order valence-electron chi connectivity index (χ4n) is 4.30. The predicted octanol–water partition coefficient (Wildman–Crippen LogP) is 6.33. The van der Waals surface area contributed by atoms with Crippen LogP contribution in [0.5, 0.6) is 23.0 Å². The largest absolute Gasteiger partial charge is 0.497 e. The molecule has 0 radical (unpaired) electrons. The summed E-state index contributed by atoms with van der Waals surface area (Å²) in [6.45, 7) is 0.984. The van der Waals surface area contributed by atoms with Crippen molar-refractivity contribution < 1.29 is 23.7 Å². The average Bonchev–Trinajstić information content (AvgIpc) is 3.33. The number of methoxy groups -OCH3 is 3. The van der Waals surface area contributed by atoms with Gasteiger partial charge in [0.05, 0.1) is 33.4 Å². The van der Waals surface area contributed by atoms with E-state index in [0.29, 0.717) is 36.2 Å². The molecule has 0 unspecified atom stereocenters. The smallest absolute Gasteiger partial charge is 0.324 e. The Balaban J connectivity index is 1.26. The van der Waals surface area contributed by atoms with E-state index in [-0.39, 0.29) is 0 Å². The zero-order chi connectivity index (χ0) is 27.9. The van der Waals surface area contributed by atoms with Gasteiger partial charge in [-0.15, -0.1) is 0 Å². The van der Waals surface area contributed by atoms with Gasteiger partial charge in [-0.2, -0.15) is 5.10 Å². The monoisotopic (exact) mass is 538 g/mol. The quantitative estimate of drug-likeness (QED) is 0.216. The van der Waals surface area contributed by atoms with Gasteiger partial charge in [-0.3, -0.25) is 10.00 Å². The minimum Gasteiger partial charge on any atom is -0.497 e. The molecule has 40 heavy (non-hydrogen) atoms. The van der Waals surface area contributed by atoms with Crippen LogP contribution in [0.2, 0.25) is 0 Å². The number of carbonyl (C=O) groups excluding carboxylic acids is 1. The molecule has 0 bridgehead atoms. The fourth-order valence-corrected chi connectivity index (χ4v) is 4.30. The van der Waals surface area contributed by atoms with Crippen LogP contribution in [0.4, 0.5) is 16.3 Å². The van der Waals surface area contributed by atoms with Gasteiger partial charge in [0.1, 0.15) is 18.1 Å². The Morgan fingerprint density at radius 1 is 0.750 bits per heavy atom. The summed E-state index contributed by atoms with van der Waals surface area (Å²) in [5, 5.41) is 11.2. The van der Waals surface area contributed by atoms with Gasteiger partial charge in [0.15, 0.2) is 17.3 Å². The summed E-state index contributed by atoms with van der Waals surface area (Å²) in [5.41, 5.74) is 3.59. The van der Waals surface area contributed by atoms with Crippen molar-refractivity contribution in [2.24, 2.45) is 0 Å². The minimum atomic E-state index is -0.414. The summed E-state index contributed by atoms with van der Waals surface area (Å²) in [5.74, 6) is 3.08. The maximum atomic E-state index is 12.8. The van der Waals surface area contributed by atoms with Crippen molar-refractivity contribution in [3.8, 4) is 23.0 Å². The van der Waals surface area contributed by atoms with E-state index in [4.69, 9.17) is 24.0 Å². The number of amides is 2. The Kier molecular flexibility index (Phi) is 8.01. The summed E-state index contributed by atoms with van der Waals surface area (Å²) >= 11 is 0. The number of urea groups is 1. The molecule has 2 amide bonds. The highest BCUT2D eigenvalue weighted by atomic mass is 16.5. The lowest BCUT2D eigenvalue weighted by molar-refractivity contribution is 0.262. The zero-order valence-corrected chi connectivity index (χ0v) is 22.5. The Labute approximate surface area is 232 Å². The number of carbonyl (C=O) groups is 1. The molecule has 1 heterocycles. The molecule has 0 aliphatic rings. The van der Waals surface area contributed by atoms with E-state index < -0.39 is 6.03 Å². The minimum absolute atomic E-state index is 0.414. The van der Waals surface area contributed by atoms with E-state index in [1.54, 1.807) is 39.5 Å². The molecule has 9 nitrogen and oxygen atoms in total. The first-order valence-corrected chi connectivity index (χ1v) is 12.7. The number of para-hydroxylation sites is 1. The van der Waals surface area contributed by atoms with E-state index in [1.165, 1.54) is 0 Å². The van der Waals surface area contributed by atoms with Crippen LogP contribution in [0.25, 0.3) is 10.9 Å². The summed E-state index contributed by atoms with van der Waals surface area (Å²) in [7, 11) is 4.74. The molecule has 0 saturated heterocycles. The molecule has 9 heteroatoms. The van der Waals surface area contributed by atoms with E-state index in [2.05, 4.69) is 22.8 Å². The van der Waals surface area contributed by atoms with Gasteiger partial charge in [-0.05, 0) is 47.5 Å². The third-order valence-electron chi connectivity index (χ3n) is 6.33. The summed E-state index contributed by atoms with van der Waals surface area (Å²) < 4.78 is 23.6. The molecule has 0 aliphatic heterocycles. The maximum Gasteiger partial charge on any atom is 0.324 e. The highest BCUT2D eigenvalue weighted by Gasteiger charge is 2.14. The molecular weight excluding hydrogens is 508 g/mol. The van der Waals surface area contributed by atoms with Crippen molar-refractivity contribution in [2.75, 3.05) is 32.0 Å². The van der Waals surface area contributed by atoms with Gasteiger partial charge in [-0.25, -0.2) is 4.79 Å². The third-order valence-corrected chi connectivity index (χ3v) is 6.33. The van der Waals surface area contributed by atoms with E-state index in [1.807, 2.05) is 65.3 Å². The lowest BCUT2D eigenvalue weighted by Crippen LogP contribution is -2.20. The number of benzene rings is 4. The number of fused-ring (bicyclic) bond motifs is 1. The Hall–Kier alpha value is -5.18. The third kappa shape index (κ3) is 6.10. The van der Waals surface area contributed by atoms with Crippen LogP contribution in [-0.4, -0.2) is 37.1 Å². The van der Waals surface area contributed by atoms with Gasteiger partial charge in [0, 0.05) is 23.2 Å². The SMILES string of the molecule is COc1cccc(OCc2ccc(Cn3nc(NC(=O)Nc4ccc(OC)c(OC)c4)c4ccccc43)cc2)c1. The van der Waals surface area contributed by atoms with Crippen molar-refractivity contribution >= 4 is 28.4 Å². The standard InChI is InChI=1S/C31H30N4O5/c1-37-24-7-6-8-25(18-24)40-20-22-13-11-21(12-14-22)19-35-27-10-5-4-9-26(27)30(34-35)33-31(36)32-23-15-16-28(38-2)29(17-23)39-3/h4-18H,19-20H2,1-3H3,(H2,32,33,34,36). The lowest BCUT2D eigenvalue weighted by Gasteiger charge is -2.10. The summed E-state index contributed by atoms with van der Waals surface area (Å²) in [6, 6.07) is 28.3. The Bertz CT molecular complexity index is 1610. The Morgan fingerprint density at radius 3 is 2.27 bits per heavy atom. The molecule has 5 rings (SSSR count). The van der Waals surface area contributed by atoms with E-state index >= 15 is 0 Å². The summed E-state index contributed by atoms with van der Waals surface area (Å²) in [4.78, 5) is 12.8. The number of nitrogens with zero attached hydrogens (tertiary/aromatic N) is 2. The van der Waals surface area contributed by atoms with Crippen LogP contribution in [0.15, 0.2) is 91.0 Å². The molecular formula is C31H30N4O5. The lowest BCUT2D eigenvalue weighted by atomic mass is 10.1. The van der Waals surface area contributed by atoms with Crippen LogP contribution >= 0.6 is 0 Å². The predicted molar refractivity (Wildman–Crippen MR) is 155 cm³/mol. The second kappa shape index (κ2) is 12.1. The number of nitrogens with one attached hydrogen (secondary N) is 2. The molecule has 1 aromatic heterocycles. The highest BCUT2D eigenvalue weighted by molar-refractivity contribution is 6.04. The van der Waals surface area contributed by atoms with E-state index in [9.17, 15) is 4.79 Å². The van der Waals surface area contributed by atoms with Gasteiger partial charge in [-0.1, -0.05) is 42.5 Å². The molecule has 0 atom stereocenters. The fraction of sp³-hybridized carbons (Fsp3) is 0.161. The van der Waals surface area contributed by atoms with Crippen LogP contribution < -0.4 is 29.6 Å². The van der Waals surface area contributed by atoms with Crippen molar-refractivity contribution in [1.82, 2.24) is 9.78 Å². The molecule has 0 fully saturated rings. The van der Waals surface area contributed by atoms with E-state index in [0.717, 1.165) is 33.5 Å². The van der Waals surface area contributed by atoms with Gasteiger partial charge in [0.25, 0.3) is 0 Å². The van der Waals surface area contributed by atoms with Crippen LogP contribution in [0, 0.1) is 0 Å². The van der Waals surface area contributed by atoms with Crippen molar-refractivity contribution in [2.45, 2.75) is 13.2 Å². The molecule has 4 aromatic carbocycles. The topological polar surface area (TPSA) is 95.9 Å². The molecule has 5 aromatic rings. The first-order valence-electron chi connectivity index (χ1n) is 12.7. The van der Waals surface area contributed by atoms with Crippen LogP contribution in [0.1, 0.15) is 11.1 Å². The number of aromatic nitrogens is 2. The number of hydrogen-bond acceptors (Lipinski definition) is 6. The first kappa shape index (κ1) is 26.4. The molecule has 0 spiro atoms. The summed E-state index contributed by atoms with van der Waals surface area (Å²) in [6.07, 6.45) is 0. The highest BCUT2D eigenvalue weighted by Crippen LogP contribution is 2.30. The second-order valence-corrected chi connectivity index (χ2v) is 8.96. The van der Waals surface area contributed by atoms with Gasteiger partial charge < -0.3 is 24.3 Å². The van der Waals surface area contributed by atoms with Gasteiger partial charge >= 0.3 is 6.03 Å². The number of rotatable bonds is 10. The molecule has 0 aliphatic carbocycles. The Morgan fingerprint density at radius 2 is 1.50 bits per heavy atom. The van der Waals surface area contributed by atoms with Crippen molar-refractivity contribution in [3.05, 3.63) is 102 Å². The number of ether oxygens (including phenoxy) is 4. The van der Waals surface area contributed by atoms with Crippen molar-refractivity contribution in [3.63, 3.8) is 0 Å². The average molecular weight is 539 g/mol. The maximum absolute atomic E-state index is 12.8. The second-order valence-electron chi connectivity index (χ2n) is 8.96. The van der Waals surface area contributed by atoms with Crippen molar-refractivity contribution in [1.29, 1.82) is 0 Å². The van der Waals surface area contributed by atoms with Crippen LogP contribution in [-0.2, 0) is 13.2 Å². The zero-order valence-electron chi connectivity index (χ0n) is 22.5. The normalized spacial score (nSPS) is 10.7. The van der Waals surface area contributed by atoms with Gasteiger partial charge in [0.2, 0.25) is 0 Å². The van der Waals surface area contributed by atoms with Crippen LogP contribution in [0.3, 0.4) is 0 Å². The molecule has 2 N–H and O–H groups in total. The number of anilines is 2. The molecule has 204 valence electrons. The molecule has 0 saturated carbocycles. The number of hydrogen-bond donors (Lipinski definition) is 2.